The fraction of sp³-hybridized carbons (Fsp3) is 0.267. The van der Waals surface area contributed by atoms with Gasteiger partial charge in [-0.25, -0.2) is 0 Å². The second-order valence-electron chi connectivity index (χ2n) is 5.14. The number of hydrogen-bond donors (Lipinski definition) is 2. The Hall–Kier alpha value is -2.21. The highest BCUT2D eigenvalue weighted by Crippen LogP contribution is 2.39. The molecular weight excluding hydrogens is 288 g/mol. The van der Waals surface area contributed by atoms with E-state index in [1.165, 1.54) is 10.9 Å². The third-order valence-electron chi connectivity index (χ3n) is 4.04. The first-order valence-electron chi connectivity index (χ1n) is 6.79. The maximum absolute atomic E-state index is 9.83. The van der Waals surface area contributed by atoms with Crippen molar-refractivity contribution < 1.29 is 14.6 Å². The molecule has 5 nitrogen and oxygen atoms in total. The standard InChI is InChI=1S/C15H14N2O3S/c18-15(21)17-6-5-10-9-3-1-2-4-11(9)16-13(10)14(17)12-7-19-8-20-12/h1-4,7,14,16H,5-6,8H2,(H,18,21). The summed E-state index contributed by atoms with van der Waals surface area (Å²) in [5.41, 5.74) is 3.34. The quantitative estimate of drug-likeness (QED) is 0.793. The summed E-state index contributed by atoms with van der Waals surface area (Å²) in [5, 5.41) is 10.9. The number of aromatic amines is 1. The van der Waals surface area contributed by atoms with Crippen molar-refractivity contribution in [1.29, 1.82) is 0 Å². The first-order chi connectivity index (χ1) is 10.3. The predicted octanol–water partition coefficient (Wildman–Crippen LogP) is 2.76. The Bertz CT molecular complexity index is 752. The summed E-state index contributed by atoms with van der Waals surface area (Å²) in [5.74, 6) is 0.666. The minimum absolute atomic E-state index is 0.124. The molecule has 0 fully saturated rings. The highest BCUT2D eigenvalue weighted by molar-refractivity contribution is 7.79. The van der Waals surface area contributed by atoms with Crippen LogP contribution in [0, 0.1) is 0 Å². The van der Waals surface area contributed by atoms with Gasteiger partial charge in [0.1, 0.15) is 12.3 Å². The molecule has 6 heteroatoms. The SMILES string of the molecule is OC(=S)N1CCc2c([nH]c3ccccc23)C1C1=COCO1. The summed E-state index contributed by atoms with van der Waals surface area (Å²) >= 11 is 4.98. The van der Waals surface area contributed by atoms with E-state index < -0.39 is 0 Å². The Kier molecular flexibility index (Phi) is 2.78. The van der Waals surface area contributed by atoms with E-state index >= 15 is 0 Å². The summed E-state index contributed by atoms with van der Waals surface area (Å²) in [6.45, 7) is 0.850. The van der Waals surface area contributed by atoms with Crippen LogP contribution in [0.5, 0.6) is 0 Å². The van der Waals surface area contributed by atoms with E-state index in [1.807, 2.05) is 18.2 Å². The largest absolute Gasteiger partial charge is 0.486 e. The minimum atomic E-state index is -0.263. The Morgan fingerprint density at radius 1 is 1.38 bits per heavy atom. The number of H-pyrrole nitrogens is 1. The van der Waals surface area contributed by atoms with Gasteiger partial charge in [-0.05, 0) is 30.3 Å². The van der Waals surface area contributed by atoms with Crippen LogP contribution >= 0.6 is 12.2 Å². The average molecular weight is 302 g/mol. The number of nitrogens with zero attached hydrogens (tertiary/aromatic N) is 1. The van der Waals surface area contributed by atoms with Gasteiger partial charge in [-0.2, -0.15) is 0 Å². The predicted molar refractivity (Wildman–Crippen MR) is 81.8 cm³/mol. The molecule has 2 aliphatic heterocycles. The highest BCUT2D eigenvalue weighted by atomic mass is 32.1. The Morgan fingerprint density at radius 2 is 2.24 bits per heavy atom. The van der Waals surface area contributed by atoms with Gasteiger partial charge in [0.05, 0.1) is 5.69 Å². The fourth-order valence-electron chi connectivity index (χ4n) is 3.14. The van der Waals surface area contributed by atoms with E-state index in [4.69, 9.17) is 21.7 Å². The molecule has 0 amide bonds. The zero-order chi connectivity index (χ0) is 14.4. The van der Waals surface area contributed by atoms with Gasteiger partial charge >= 0.3 is 0 Å². The first-order valence-corrected chi connectivity index (χ1v) is 7.20. The van der Waals surface area contributed by atoms with Crippen LogP contribution in [-0.4, -0.2) is 33.5 Å². The Labute approximate surface area is 126 Å². The van der Waals surface area contributed by atoms with Gasteiger partial charge in [-0.15, -0.1) is 0 Å². The third-order valence-corrected chi connectivity index (χ3v) is 4.28. The molecule has 4 rings (SSSR count). The number of aromatic nitrogens is 1. The van der Waals surface area contributed by atoms with E-state index in [2.05, 4.69) is 11.1 Å². The van der Waals surface area contributed by atoms with Gasteiger partial charge < -0.3 is 24.5 Å². The zero-order valence-electron chi connectivity index (χ0n) is 11.2. The molecule has 0 radical (unpaired) electrons. The van der Waals surface area contributed by atoms with Gasteiger partial charge in [0.2, 0.25) is 6.79 Å². The lowest BCUT2D eigenvalue weighted by Crippen LogP contribution is -2.40. The number of aliphatic hydroxyl groups excluding tert-OH is 1. The lowest BCUT2D eigenvalue weighted by atomic mass is 9.97. The van der Waals surface area contributed by atoms with E-state index in [0.717, 1.165) is 17.6 Å². The van der Waals surface area contributed by atoms with Gasteiger partial charge in [0, 0.05) is 17.4 Å². The molecule has 0 aliphatic carbocycles. The van der Waals surface area contributed by atoms with Crippen LogP contribution in [0.25, 0.3) is 10.9 Å². The van der Waals surface area contributed by atoms with E-state index in [-0.39, 0.29) is 18.0 Å². The molecule has 2 aromatic rings. The second-order valence-corrected chi connectivity index (χ2v) is 5.51. The topological polar surface area (TPSA) is 57.7 Å². The molecule has 0 saturated carbocycles. The van der Waals surface area contributed by atoms with Crippen LogP contribution in [-0.2, 0) is 15.9 Å². The molecule has 108 valence electrons. The monoisotopic (exact) mass is 302 g/mol. The molecule has 1 unspecified atom stereocenters. The number of fused-ring (bicyclic) bond motifs is 3. The zero-order valence-corrected chi connectivity index (χ0v) is 12.0. The second kappa shape index (κ2) is 4.66. The molecule has 2 N–H and O–H groups in total. The van der Waals surface area contributed by atoms with Gasteiger partial charge in [0.15, 0.2) is 5.76 Å². The highest BCUT2D eigenvalue weighted by Gasteiger charge is 2.36. The van der Waals surface area contributed by atoms with Crippen molar-refractivity contribution in [3.05, 3.63) is 47.5 Å². The summed E-state index contributed by atoms with van der Waals surface area (Å²) in [6, 6.07) is 7.92. The number of rotatable bonds is 1. The molecular formula is C15H14N2O3S. The molecule has 0 spiro atoms. The lowest BCUT2D eigenvalue weighted by Gasteiger charge is -2.34. The van der Waals surface area contributed by atoms with Crippen molar-refractivity contribution in [3.63, 3.8) is 0 Å². The molecule has 1 aromatic heterocycles. The maximum atomic E-state index is 9.83. The van der Waals surface area contributed by atoms with E-state index in [9.17, 15) is 5.11 Å². The summed E-state index contributed by atoms with van der Waals surface area (Å²) in [6.07, 6.45) is 2.42. The minimum Gasteiger partial charge on any atom is -0.486 e. The van der Waals surface area contributed by atoms with Gasteiger partial charge in [0.25, 0.3) is 5.17 Å². The number of nitrogens with one attached hydrogen (secondary N) is 1. The molecule has 0 bridgehead atoms. The van der Waals surface area contributed by atoms with Gasteiger partial charge in [-0.3, -0.25) is 0 Å². The number of aliphatic hydroxyl groups is 1. The van der Waals surface area contributed by atoms with Crippen LogP contribution in [0.4, 0.5) is 0 Å². The van der Waals surface area contributed by atoms with Crippen molar-refractivity contribution in [1.82, 2.24) is 9.88 Å². The average Bonchev–Trinajstić information content (AvgIpc) is 3.13. The number of thiocarbonyl (C=S) groups is 1. The molecule has 1 atom stereocenters. The van der Waals surface area contributed by atoms with Crippen molar-refractivity contribution >= 4 is 28.3 Å². The van der Waals surface area contributed by atoms with E-state index in [0.29, 0.717) is 12.3 Å². The van der Waals surface area contributed by atoms with Crippen molar-refractivity contribution in [3.8, 4) is 0 Å². The van der Waals surface area contributed by atoms with Crippen molar-refractivity contribution in [2.45, 2.75) is 12.5 Å². The third kappa shape index (κ3) is 1.86. The molecule has 2 aliphatic rings. The van der Waals surface area contributed by atoms with Crippen LogP contribution in [0.1, 0.15) is 17.3 Å². The number of hydrogen-bond acceptors (Lipinski definition) is 3. The van der Waals surface area contributed by atoms with Crippen molar-refractivity contribution in [2.24, 2.45) is 0 Å². The van der Waals surface area contributed by atoms with Crippen molar-refractivity contribution in [2.75, 3.05) is 13.3 Å². The number of ether oxygens (including phenoxy) is 2. The first kappa shape index (κ1) is 12.5. The van der Waals surface area contributed by atoms with Crippen LogP contribution in [0.15, 0.2) is 36.3 Å². The van der Waals surface area contributed by atoms with Crippen LogP contribution < -0.4 is 0 Å². The maximum Gasteiger partial charge on any atom is 0.257 e. The van der Waals surface area contributed by atoms with Crippen LogP contribution in [0.2, 0.25) is 0 Å². The lowest BCUT2D eigenvalue weighted by molar-refractivity contribution is 0.0641. The van der Waals surface area contributed by atoms with Crippen LogP contribution in [0.3, 0.4) is 0 Å². The summed E-state index contributed by atoms with van der Waals surface area (Å²) < 4.78 is 10.7. The van der Waals surface area contributed by atoms with Gasteiger partial charge in [-0.1, -0.05) is 18.2 Å². The normalized spacial score (nSPS) is 20.7. The number of benzene rings is 1. The summed E-state index contributed by atoms with van der Waals surface area (Å²) in [4.78, 5) is 5.20. The molecule has 3 heterocycles. The molecule has 21 heavy (non-hydrogen) atoms. The smallest absolute Gasteiger partial charge is 0.257 e. The Morgan fingerprint density at radius 3 is 3.00 bits per heavy atom. The number of para-hydroxylation sites is 1. The van der Waals surface area contributed by atoms with E-state index in [1.54, 1.807) is 11.2 Å². The fourth-order valence-corrected chi connectivity index (χ4v) is 3.34. The molecule has 0 saturated heterocycles. The summed E-state index contributed by atoms with van der Waals surface area (Å²) in [7, 11) is 0. The molecule has 1 aromatic carbocycles. The Balaban J connectivity index is 1.90.